The number of carbonyl (C=O) groups is 1. The second-order valence-electron chi connectivity index (χ2n) is 7.08. The van der Waals surface area contributed by atoms with Gasteiger partial charge in [0, 0.05) is 11.6 Å². The molecule has 0 spiro atoms. The van der Waals surface area contributed by atoms with Gasteiger partial charge in [-0.2, -0.15) is 0 Å². The normalized spacial score (nSPS) is 11.4. The van der Waals surface area contributed by atoms with Crippen molar-refractivity contribution >= 4 is 16.8 Å². The van der Waals surface area contributed by atoms with E-state index in [0.717, 1.165) is 10.9 Å². The lowest BCUT2D eigenvalue weighted by Gasteiger charge is -2.17. The van der Waals surface area contributed by atoms with E-state index in [0.29, 0.717) is 28.9 Å². The Kier molecular flexibility index (Phi) is 6.32. The van der Waals surface area contributed by atoms with E-state index in [4.69, 9.17) is 0 Å². The summed E-state index contributed by atoms with van der Waals surface area (Å²) in [4.78, 5) is 21.9. The molecule has 2 aromatic heterocycles. The van der Waals surface area contributed by atoms with Crippen molar-refractivity contribution in [3.63, 3.8) is 0 Å². The van der Waals surface area contributed by atoms with Crippen LogP contribution < -0.4 is 5.32 Å². The van der Waals surface area contributed by atoms with Crippen LogP contribution in [0.15, 0.2) is 85.1 Å². The highest BCUT2D eigenvalue weighted by Crippen LogP contribution is 2.19. The Balaban J connectivity index is 1.64. The van der Waals surface area contributed by atoms with Crippen molar-refractivity contribution in [2.75, 3.05) is 6.61 Å². The Labute approximate surface area is 180 Å². The topological polar surface area (TPSA) is 75.1 Å². The standard InChI is InChI=1S/C26H21N3O2/c30-18-22(16-19-8-2-1-3-9-19)29-26(31)24-17-21(14-13-20-10-6-7-15-27-20)28-25-12-5-4-11-23(24)25/h1-12,15,17,22,30H,16,18H2,(H,29,31)/t22-/m0/s1. The number of aromatic nitrogens is 2. The van der Waals surface area contributed by atoms with Crippen molar-refractivity contribution in [1.29, 1.82) is 0 Å². The van der Waals surface area contributed by atoms with Gasteiger partial charge >= 0.3 is 0 Å². The lowest BCUT2D eigenvalue weighted by atomic mass is 10.0. The number of carbonyl (C=O) groups excluding carboxylic acids is 1. The van der Waals surface area contributed by atoms with Crippen LogP contribution >= 0.6 is 0 Å². The fourth-order valence-electron chi connectivity index (χ4n) is 3.32. The second-order valence-corrected chi connectivity index (χ2v) is 7.08. The summed E-state index contributed by atoms with van der Waals surface area (Å²) < 4.78 is 0. The minimum Gasteiger partial charge on any atom is -0.394 e. The number of rotatable bonds is 5. The molecule has 0 saturated carbocycles. The summed E-state index contributed by atoms with van der Waals surface area (Å²) in [5.74, 6) is 5.71. The maximum atomic E-state index is 13.1. The zero-order chi connectivity index (χ0) is 21.5. The number of nitrogens with zero attached hydrogens (tertiary/aromatic N) is 2. The number of fused-ring (bicyclic) bond motifs is 1. The van der Waals surface area contributed by atoms with Crippen molar-refractivity contribution in [1.82, 2.24) is 15.3 Å². The molecule has 152 valence electrons. The van der Waals surface area contributed by atoms with Crippen molar-refractivity contribution in [2.45, 2.75) is 12.5 Å². The van der Waals surface area contributed by atoms with Gasteiger partial charge in [-0.25, -0.2) is 9.97 Å². The highest BCUT2D eigenvalue weighted by atomic mass is 16.3. The number of pyridine rings is 2. The molecule has 1 amide bonds. The van der Waals surface area contributed by atoms with Gasteiger partial charge in [-0.1, -0.05) is 54.6 Å². The Morgan fingerprint density at radius 2 is 1.68 bits per heavy atom. The van der Waals surface area contributed by atoms with Crippen LogP contribution in [-0.2, 0) is 6.42 Å². The molecular formula is C26H21N3O2. The Morgan fingerprint density at radius 1 is 0.935 bits per heavy atom. The maximum absolute atomic E-state index is 13.1. The number of aliphatic hydroxyl groups excluding tert-OH is 1. The van der Waals surface area contributed by atoms with Crippen molar-refractivity contribution in [2.24, 2.45) is 0 Å². The second kappa shape index (κ2) is 9.66. The maximum Gasteiger partial charge on any atom is 0.252 e. The van der Waals surface area contributed by atoms with Gasteiger partial charge in [-0.3, -0.25) is 4.79 Å². The van der Waals surface area contributed by atoms with Crippen LogP contribution in [-0.4, -0.2) is 33.6 Å². The third-order valence-corrected chi connectivity index (χ3v) is 4.82. The summed E-state index contributed by atoms with van der Waals surface area (Å²) in [5, 5.41) is 13.5. The highest BCUT2D eigenvalue weighted by molar-refractivity contribution is 6.06. The predicted octanol–water partition coefficient (Wildman–Crippen LogP) is 3.36. The molecule has 2 N–H and O–H groups in total. The summed E-state index contributed by atoms with van der Waals surface area (Å²) in [6.45, 7) is -0.157. The fraction of sp³-hybridized carbons (Fsp3) is 0.115. The minimum absolute atomic E-state index is 0.157. The van der Waals surface area contributed by atoms with Crippen LogP contribution in [0.2, 0.25) is 0 Å². The third kappa shape index (κ3) is 5.13. The summed E-state index contributed by atoms with van der Waals surface area (Å²) >= 11 is 0. The molecule has 0 aliphatic heterocycles. The van der Waals surface area contributed by atoms with E-state index in [-0.39, 0.29) is 12.5 Å². The summed E-state index contributed by atoms with van der Waals surface area (Å²) in [6, 6.07) is 24.0. The van der Waals surface area contributed by atoms with Gasteiger partial charge < -0.3 is 10.4 Å². The van der Waals surface area contributed by atoms with Gasteiger partial charge in [0.15, 0.2) is 0 Å². The molecule has 0 aliphatic carbocycles. The lowest BCUT2D eigenvalue weighted by molar-refractivity contribution is 0.0918. The van der Waals surface area contributed by atoms with E-state index in [9.17, 15) is 9.90 Å². The van der Waals surface area contributed by atoms with Crippen LogP contribution in [0.4, 0.5) is 0 Å². The van der Waals surface area contributed by atoms with Crippen molar-refractivity contribution in [3.8, 4) is 11.8 Å². The van der Waals surface area contributed by atoms with Gasteiger partial charge in [0.05, 0.1) is 23.7 Å². The molecule has 2 heterocycles. The van der Waals surface area contributed by atoms with E-state index in [1.165, 1.54) is 0 Å². The molecule has 0 aliphatic rings. The number of aliphatic hydroxyl groups is 1. The van der Waals surface area contributed by atoms with Gasteiger partial charge in [0.25, 0.3) is 5.91 Å². The van der Waals surface area contributed by atoms with Crippen molar-refractivity contribution < 1.29 is 9.90 Å². The van der Waals surface area contributed by atoms with Crippen LogP contribution in [0.3, 0.4) is 0 Å². The quantitative estimate of drug-likeness (QED) is 0.498. The molecule has 5 nitrogen and oxygen atoms in total. The molecule has 0 radical (unpaired) electrons. The van der Waals surface area contributed by atoms with Crippen LogP contribution in [0, 0.1) is 11.8 Å². The number of hydrogen-bond acceptors (Lipinski definition) is 4. The van der Waals surface area contributed by atoms with Crippen molar-refractivity contribution in [3.05, 3.63) is 108 Å². The summed E-state index contributed by atoms with van der Waals surface area (Å²) in [7, 11) is 0. The van der Waals surface area contributed by atoms with E-state index in [2.05, 4.69) is 27.1 Å². The zero-order valence-corrected chi connectivity index (χ0v) is 16.8. The number of para-hydroxylation sites is 1. The molecule has 4 aromatic rings. The molecule has 0 unspecified atom stereocenters. The Hall–Kier alpha value is -4.01. The van der Waals surface area contributed by atoms with E-state index in [1.54, 1.807) is 12.3 Å². The van der Waals surface area contributed by atoms with E-state index < -0.39 is 6.04 Å². The molecular weight excluding hydrogens is 386 g/mol. The molecule has 5 heteroatoms. The predicted molar refractivity (Wildman–Crippen MR) is 120 cm³/mol. The number of amides is 1. The first-order chi connectivity index (χ1) is 15.2. The highest BCUT2D eigenvalue weighted by Gasteiger charge is 2.17. The SMILES string of the molecule is O=C(N[C@H](CO)Cc1ccccc1)c1cc(C#Cc2ccccn2)nc2ccccc12. The molecule has 2 aromatic carbocycles. The first-order valence-corrected chi connectivity index (χ1v) is 10.0. The minimum atomic E-state index is -0.398. The molecule has 0 bridgehead atoms. The molecule has 0 saturated heterocycles. The largest absolute Gasteiger partial charge is 0.394 e. The van der Waals surface area contributed by atoms with Gasteiger partial charge in [0.2, 0.25) is 0 Å². The lowest BCUT2D eigenvalue weighted by Crippen LogP contribution is -2.39. The molecule has 1 atom stereocenters. The molecule has 0 fully saturated rings. The average molecular weight is 407 g/mol. The van der Waals surface area contributed by atoms with Gasteiger partial charge in [-0.15, -0.1) is 0 Å². The third-order valence-electron chi connectivity index (χ3n) is 4.82. The number of hydrogen-bond donors (Lipinski definition) is 2. The Morgan fingerprint density at radius 3 is 2.45 bits per heavy atom. The monoisotopic (exact) mass is 407 g/mol. The van der Waals surface area contributed by atoms with E-state index in [1.807, 2.05) is 72.8 Å². The van der Waals surface area contributed by atoms with Gasteiger partial charge in [-0.05, 0) is 48.1 Å². The van der Waals surface area contributed by atoms with Crippen LogP contribution in [0.25, 0.3) is 10.9 Å². The van der Waals surface area contributed by atoms with E-state index >= 15 is 0 Å². The molecule has 4 rings (SSSR count). The van der Waals surface area contributed by atoms with Gasteiger partial charge in [0.1, 0.15) is 11.4 Å². The van der Waals surface area contributed by atoms with Crippen LogP contribution in [0.5, 0.6) is 0 Å². The van der Waals surface area contributed by atoms with Crippen LogP contribution in [0.1, 0.15) is 27.3 Å². The fourth-order valence-corrected chi connectivity index (χ4v) is 3.32. The first-order valence-electron chi connectivity index (χ1n) is 10.0. The summed E-state index contributed by atoms with van der Waals surface area (Å²) in [6.07, 6.45) is 2.22. The first kappa shape index (κ1) is 20.3. The smallest absolute Gasteiger partial charge is 0.252 e. The zero-order valence-electron chi connectivity index (χ0n) is 16.8. The molecule has 31 heavy (non-hydrogen) atoms. The summed E-state index contributed by atoms with van der Waals surface area (Å²) in [5.41, 5.74) is 3.32. The average Bonchev–Trinajstić information content (AvgIpc) is 2.83. The number of benzene rings is 2. The Bertz CT molecular complexity index is 1250. The number of nitrogens with one attached hydrogen (secondary N) is 1.